The molecule has 3 fully saturated rings. The summed E-state index contributed by atoms with van der Waals surface area (Å²) in [5.41, 5.74) is 12.0. The molecule has 0 spiro atoms. The predicted octanol–water partition coefficient (Wildman–Crippen LogP) is 5.54. The van der Waals surface area contributed by atoms with Gasteiger partial charge in [-0.2, -0.15) is 0 Å². The van der Waals surface area contributed by atoms with Crippen molar-refractivity contribution in [3.8, 4) is 0 Å². The second-order valence-corrected chi connectivity index (χ2v) is 13.5. The van der Waals surface area contributed by atoms with E-state index in [1.807, 2.05) is 0 Å². The van der Waals surface area contributed by atoms with Gasteiger partial charge < -0.3 is 30.8 Å². The first-order chi connectivity index (χ1) is 18.3. The smallest absolute Gasteiger partial charge is 0.0637 e. The highest BCUT2D eigenvalue weighted by molar-refractivity contribution is 5.13. The van der Waals surface area contributed by atoms with E-state index in [0.717, 1.165) is 58.3 Å². The van der Waals surface area contributed by atoms with Crippen LogP contribution in [0.25, 0.3) is 0 Å². The Morgan fingerprint density at radius 1 is 0.921 bits per heavy atom. The number of hydrogen-bond acceptors (Lipinski definition) is 6. The highest BCUT2D eigenvalue weighted by Gasteiger charge is 2.64. The van der Waals surface area contributed by atoms with E-state index < -0.39 is 0 Å². The molecule has 0 saturated heterocycles. The van der Waals surface area contributed by atoms with Crippen molar-refractivity contribution < 1.29 is 19.3 Å². The largest absolute Gasteiger partial charge is 0.396 e. The summed E-state index contributed by atoms with van der Waals surface area (Å²) in [4.78, 5) is 0. The molecule has 0 amide bonds. The Hall–Kier alpha value is -0.240. The van der Waals surface area contributed by atoms with Crippen LogP contribution >= 0.6 is 0 Å². The van der Waals surface area contributed by atoms with Gasteiger partial charge in [0.1, 0.15) is 0 Å². The SMILES string of the molecule is CCO[C@@H]1CCC(C)(CC[C@H](C)OCCCN)[C@H]2C[C@H](OCCCN)C3(C)C([C@H](C)CCCO)CC[C@H]3C12. The van der Waals surface area contributed by atoms with E-state index in [1.165, 1.54) is 32.1 Å². The summed E-state index contributed by atoms with van der Waals surface area (Å²) in [6.45, 7) is 15.9. The molecule has 0 heterocycles. The lowest BCUT2D eigenvalue weighted by Crippen LogP contribution is -2.60. The molecule has 3 aliphatic rings. The lowest BCUT2D eigenvalue weighted by atomic mass is 9.46. The third-order valence-corrected chi connectivity index (χ3v) is 11.2. The summed E-state index contributed by atoms with van der Waals surface area (Å²) < 4.78 is 19.5. The minimum absolute atomic E-state index is 0.150. The molecular formula is C32H62N2O4. The van der Waals surface area contributed by atoms with Gasteiger partial charge in [0.15, 0.2) is 0 Å². The summed E-state index contributed by atoms with van der Waals surface area (Å²) in [6, 6.07) is 0. The standard InChI is InChI=1S/C32H62N2O4/c1-6-36-28-14-16-31(4,15-13-24(3)37-20-8-17-33)27-22-29(38-21-9-18-34)32(5)25(23(2)10-7-19-35)11-12-26(32)30(27)28/h23-30,35H,6-22,33-34H2,1-5H3/t23-,24+,25?,26+,27+,28-,29+,30?,31?,32?/m1/s1. The van der Waals surface area contributed by atoms with Crippen molar-refractivity contribution in [3.63, 3.8) is 0 Å². The van der Waals surface area contributed by atoms with Crippen LogP contribution in [0.1, 0.15) is 105 Å². The fourth-order valence-electron chi connectivity index (χ4n) is 9.15. The maximum atomic E-state index is 9.54. The lowest BCUT2D eigenvalue weighted by Gasteiger charge is -2.61. The van der Waals surface area contributed by atoms with Gasteiger partial charge in [0.05, 0.1) is 18.3 Å². The zero-order valence-corrected chi connectivity index (χ0v) is 25.5. The molecule has 0 aromatic rings. The van der Waals surface area contributed by atoms with Gasteiger partial charge in [-0.05, 0) is 133 Å². The number of aliphatic hydroxyl groups is 1. The molecule has 0 bridgehead atoms. The average Bonchev–Trinajstić information content (AvgIpc) is 3.26. The lowest BCUT2D eigenvalue weighted by molar-refractivity contribution is -0.204. The number of nitrogens with two attached hydrogens (primary N) is 2. The molecule has 4 unspecified atom stereocenters. The van der Waals surface area contributed by atoms with Crippen molar-refractivity contribution in [2.24, 2.45) is 51.9 Å². The molecule has 10 atom stereocenters. The Bertz CT molecular complexity index is 680. The average molecular weight is 539 g/mol. The summed E-state index contributed by atoms with van der Waals surface area (Å²) in [5.74, 6) is 3.06. The van der Waals surface area contributed by atoms with E-state index in [1.54, 1.807) is 0 Å². The molecule has 6 heteroatoms. The minimum Gasteiger partial charge on any atom is -0.396 e. The Morgan fingerprint density at radius 3 is 2.34 bits per heavy atom. The van der Waals surface area contributed by atoms with Gasteiger partial charge in [-0.15, -0.1) is 0 Å². The fourth-order valence-corrected chi connectivity index (χ4v) is 9.15. The van der Waals surface area contributed by atoms with Crippen LogP contribution in [-0.4, -0.2) is 62.9 Å². The van der Waals surface area contributed by atoms with Gasteiger partial charge in [0.2, 0.25) is 0 Å². The maximum absolute atomic E-state index is 9.54. The topological polar surface area (TPSA) is 100.0 Å². The van der Waals surface area contributed by atoms with E-state index in [-0.39, 0.29) is 29.6 Å². The predicted molar refractivity (Wildman–Crippen MR) is 156 cm³/mol. The molecule has 3 aliphatic carbocycles. The van der Waals surface area contributed by atoms with Gasteiger partial charge in [-0.1, -0.05) is 20.8 Å². The first-order valence-electron chi connectivity index (χ1n) is 16.1. The Labute approximate surface area is 234 Å². The number of aliphatic hydroxyl groups excluding tert-OH is 1. The third-order valence-electron chi connectivity index (χ3n) is 11.2. The minimum atomic E-state index is 0.150. The van der Waals surface area contributed by atoms with E-state index in [9.17, 15) is 5.11 Å². The highest BCUT2D eigenvalue weighted by atomic mass is 16.5. The van der Waals surface area contributed by atoms with Crippen molar-refractivity contribution in [1.29, 1.82) is 0 Å². The normalized spacial score (nSPS) is 38.5. The van der Waals surface area contributed by atoms with E-state index in [2.05, 4.69) is 34.6 Å². The molecule has 6 nitrogen and oxygen atoms in total. The van der Waals surface area contributed by atoms with Gasteiger partial charge >= 0.3 is 0 Å². The number of fused-ring (bicyclic) bond motifs is 3. The summed E-state index contributed by atoms with van der Waals surface area (Å²) in [7, 11) is 0. The first kappa shape index (κ1) is 32.3. The molecule has 3 saturated carbocycles. The van der Waals surface area contributed by atoms with E-state index >= 15 is 0 Å². The molecule has 0 aromatic heterocycles. The number of hydrogen-bond donors (Lipinski definition) is 3. The Balaban J connectivity index is 1.88. The molecule has 224 valence electrons. The van der Waals surface area contributed by atoms with Crippen LogP contribution in [0, 0.1) is 40.4 Å². The van der Waals surface area contributed by atoms with Crippen molar-refractivity contribution >= 4 is 0 Å². The fraction of sp³-hybridized carbons (Fsp3) is 1.00. The zero-order valence-electron chi connectivity index (χ0n) is 25.5. The molecular weight excluding hydrogens is 476 g/mol. The van der Waals surface area contributed by atoms with Gasteiger partial charge in [0, 0.05) is 31.8 Å². The van der Waals surface area contributed by atoms with Gasteiger partial charge in [-0.25, -0.2) is 0 Å². The van der Waals surface area contributed by atoms with E-state index in [4.69, 9.17) is 25.7 Å². The monoisotopic (exact) mass is 538 g/mol. The molecule has 3 rings (SSSR count). The molecule has 38 heavy (non-hydrogen) atoms. The van der Waals surface area contributed by atoms with Crippen LogP contribution < -0.4 is 11.5 Å². The molecule has 5 N–H and O–H groups in total. The van der Waals surface area contributed by atoms with E-state index in [0.29, 0.717) is 48.8 Å². The Morgan fingerprint density at radius 2 is 1.66 bits per heavy atom. The number of ether oxygens (including phenoxy) is 3. The van der Waals surface area contributed by atoms with Crippen LogP contribution in [0.2, 0.25) is 0 Å². The summed E-state index contributed by atoms with van der Waals surface area (Å²) in [5, 5.41) is 9.54. The van der Waals surface area contributed by atoms with Crippen LogP contribution in [0.4, 0.5) is 0 Å². The summed E-state index contributed by atoms with van der Waals surface area (Å²) in [6.07, 6.45) is 13.1. The molecule has 0 aliphatic heterocycles. The first-order valence-corrected chi connectivity index (χ1v) is 16.1. The van der Waals surface area contributed by atoms with Crippen molar-refractivity contribution in [2.45, 2.75) is 124 Å². The second-order valence-electron chi connectivity index (χ2n) is 13.5. The number of rotatable bonds is 17. The highest BCUT2D eigenvalue weighted by Crippen LogP contribution is 2.67. The van der Waals surface area contributed by atoms with Crippen LogP contribution in [0.5, 0.6) is 0 Å². The molecule has 0 aromatic carbocycles. The quantitative estimate of drug-likeness (QED) is 0.210. The van der Waals surface area contributed by atoms with Crippen molar-refractivity contribution in [1.82, 2.24) is 0 Å². The third kappa shape index (κ3) is 7.15. The zero-order chi connectivity index (χ0) is 27.8. The van der Waals surface area contributed by atoms with Crippen molar-refractivity contribution in [3.05, 3.63) is 0 Å². The molecule has 0 radical (unpaired) electrons. The second kappa shape index (κ2) is 15.1. The van der Waals surface area contributed by atoms with Crippen LogP contribution in [0.3, 0.4) is 0 Å². The van der Waals surface area contributed by atoms with Gasteiger partial charge in [-0.3, -0.25) is 0 Å². The van der Waals surface area contributed by atoms with Crippen LogP contribution in [-0.2, 0) is 14.2 Å². The van der Waals surface area contributed by atoms with Crippen molar-refractivity contribution in [2.75, 3.05) is 39.5 Å². The summed E-state index contributed by atoms with van der Waals surface area (Å²) >= 11 is 0. The maximum Gasteiger partial charge on any atom is 0.0637 e. The Kier molecular flexibility index (Phi) is 12.8. The van der Waals surface area contributed by atoms with Crippen LogP contribution in [0.15, 0.2) is 0 Å². The van der Waals surface area contributed by atoms with Gasteiger partial charge in [0.25, 0.3) is 0 Å².